The van der Waals surface area contributed by atoms with E-state index in [4.69, 9.17) is 12.2 Å². The van der Waals surface area contributed by atoms with Gasteiger partial charge in [-0.05, 0) is 55.4 Å². The third-order valence-electron chi connectivity index (χ3n) is 5.74. The number of hydrogen-bond acceptors (Lipinski definition) is 2. The van der Waals surface area contributed by atoms with Gasteiger partial charge in [0.15, 0.2) is 5.11 Å². The second-order valence-corrected chi connectivity index (χ2v) is 7.43. The van der Waals surface area contributed by atoms with Crippen molar-refractivity contribution < 1.29 is 0 Å². The van der Waals surface area contributed by atoms with Crippen molar-refractivity contribution in [3.05, 3.63) is 30.3 Å². The lowest BCUT2D eigenvalue weighted by atomic mass is 9.95. The fourth-order valence-corrected chi connectivity index (χ4v) is 4.81. The van der Waals surface area contributed by atoms with Crippen LogP contribution in [0.5, 0.6) is 0 Å². The first-order chi connectivity index (χ1) is 10.8. The quantitative estimate of drug-likeness (QED) is 0.846. The topological polar surface area (TPSA) is 18.5 Å². The zero-order valence-electron chi connectivity index (χ0n) is 13.1. The van der Waals surface area contributed by atoms with Gasteiger partial charge in [-0.1, -0.05) is 24.6 Å². The number of rotatable bonds is 2. The van der Waals surface area contributed by atoms with Crippen LogP contribution in [0.3, 0.4) is 0 Å². The summed E-state index contributed by atoms with van der Waals surface area (Å²) in [6.45, 7) is 4.17. The number of benzene rings is 1. The van der Waals surface area contributed by atoms with Crippen molar-refractivity contribution in [1.82, 2.24) is 10.2 Å². The molecular formula is C18H25N3S. The molecule has 0 spiro atoms. The van der Waals surface area contributed by atoms with Crippen molar-refractivity contribution in [3.63, 3.8) is 0 Å². The molecule has 3 aliphatic rings. The maximum Gasteiger partial charge on any atom is 0.169 e. The van der Waals surface area contributed by atoms with Crippen molar-refractivity contribution in [2.45, 2.75) is 31.7 Å². The van der Waals surface area contributed by atoms with E-state index in [1.54, 1.807) is 0 Å². The van der Waals surface area contributed by atoms with Crippen molar-refractivity contribution in [2.24, 2.45) is 11.8 Å². The number of piperazine rings is 1. The van der Waals surface area contributed by atoms with Crippen LogP contribution in [-0.4, -0.2) is 42.2 Å². The summed E-state index contributed by atoms with van der Waals surface area (Å²) in [6.07, 6.45) is 5.63. The van der Waals surface area contributed by atoms with Crippen LogP contribution in [0.4, 0.5) is 5.69 Å². The van der Waals surface area contributed by atoms with E-state index >= 15 is 0 Å². The molecular weight excluding hydrogens is 290 g/mol. The van der Waals surface area contributed by atoms with Gasteiger partial charge in [-0.3, -0.25) is 0 Å². The maximum atomic E-state index is 5.68. The monoisotopic (exact) mass is 315 g/mol. The van der Waals surface area contributed by atoms with Gasteiger partial charge in [-0.15, -0.1) is 0 Å². The van der Waals surface area contributed by atoms with Crippen LogP contribution in [0.1, 0.15) is 25.7 Å². The Morgan fingerprint density at radius 1 is 1.00 bits per heavy atom. The summed E-state index contributed by atoms with van der Waals surface area (Å²) in [4.78, 5) is 4.82. The maximum absolute atomic E-state index is 5.68. The van der Waals surface area contributed by atoms with E-state index in [-0.39, 0.29) is 0 Å². The molecule has 1 aliphatic heterocycles. The average Bonchev–Trinajstić information content (AvgIpc) is 3.19. The van der Waals surface area contributed by atoms with E-state index < -0.39 is 0 Å². The highest BCUT2D eigenvalue weighted by Gasteiger charge is 2.40. The van der Waals surface area contributed by atoms with Gasteiger partial charge < -0.3 is 15.1 Å². The van der Waals surface area contributed by atoms with Crippen LogP contribution in [-0.2, 0) is 0 Å². The van der Waals surface area contributed by atoms with E-state index in [0.717, 1.165) is 43.1 Å². The van der Waals surface area contributed by atoms with Gasteiger partial charge in [0.1, 0.15) is 0 Å². The van der Waals surface area contributed by atoms with E-state index in [9.17, 15) is 0 Å². The summed E-state index contributed by atoms with van der Waals surface area (Å²) in [5.74, 6) is 1.86. The Balaban J connectivity index is 1.29. The number of hydrogen-bond donors (Lipinski definition) is 1. The predicted molar refractivity (Wildman–Crippen MR) is 95.2 cm³/mol. The SMILES string of the molecule is S=C(N[C@@H]1C[C@H]2CC[C@@H]1C2)N1CCN(c2ccccc2)CC1. The number of fused-ring (bicyclic) bond motifs is 2. The first kappa shape index (κ1) is 14.3. The first-order valence-electron chi connectivity index (χ1n) is 8.65. The first-order valence-corrected chi connectivity index (χ1v) is 9.06. The van der Waals surface area contributed by atoms with Gasteiger partial charge in [0.05, 0.1) is 0 Å². The molecule has 118 valence electrons. The third-order valence-corrected chi connectivity index (χ3v) is 6.11. The highest BCUT2D eigenvalue weighted by atomic mass is 32.1. The Bertz CT molecular complexity index is 524. The Kier molecular flexibility index (Phi) is 3.95. The second-order valence-electron chi connectivity index (χ2n) is 7.04. The third kappa shape index (κ3) is 2.81. The molecule has 1 saturated heterocycles. The van der Waals surface area contributed by atoms with Crippen LogP contribution in [0, 0.1) is 11.8 Å². The molecule has 4 rings (SSSR count). The summed E-state index contributed by atoms with van der Waals surface area (Å²) in [5.41, 5.74) is 1.33. The summed E-state index contributed by atoms with van der Waals surface area (Å²) in [7, 11) is 0. The lowest BCUT2D eigenvalue weighted by molar-refractivity contribution is 0.345. The summed E-state index contributed by atoms with van der Waals surface area (Å²) < 4.78 is 0. The smallest absolute Gasteiger partial charge is 0.169 e. The Morgan fingerprint density at radius 2 is 1.77 bits per heavy atom. The molecule has 0 unspecified atom stereocenters. The molecule has 3 atom stereocenters. The minimum atomic E-state index is 0.651. The van der Waals surface area contributed by atoms with E-state index in [1.807, 2.05) is 0 Å². The fourth-order valence-electron chi connectivity index (χ4n) is 4.48. The molecule has 22 heavy (non-hydrogen) atoms. The van der Waals surface area contributed by atoms with E-state index in [2.05, 4.69) is 45.4 Å². The minimum Gasteiger partial charge on any atom is -0.368 e. The molecule has 1 aromatic carbocycles. The molecule has 2 saturated carbocycles. The second kappa shape index (κ2) is 6.07. The largest absolute Gasteiger partial charge is 0.368 e. The van der Waals surface area contributed by atoms with Crippen LogP contribution >= 0.6 is 12.2 Å². The Labute approximate surface area is 138 Å². The van der Waals surface area contributed by atoms with E-state index in [1.165, 1.54) is 31.4 Å². The van der Waals surface area contributed by atoms with Gasteiger partial charge in [-0.2, -0.15) is 0 Å². The Hall–Kier alpha value is -1.29. The van der Waals surface area contributed by atoms with Crippen molar-refractivity contribution in [1.29, 1.82) is 0 Å². The molecule has 0 aromatic heterocycles. The van der Waals surface area contributed by atoms with Gasteiger partial charge in [0, 0.05) is 37.9 Å². The highest BCUT2D eigenvalue weighted by molar-refractivity contribution is 7.80. The zero-order valence-corrected chi connectivity index (χ0v) is 13.9. The molecule has 2 aliphatic carbocycles. The molecule has 4 heteroatoms. The molecule has 0 amide bonds. The van der Waals surface area contributed by atoms with Crippen LogP contribution in [0.2, 0.25) is 0 Å². The minimum absolute atomic E-state index is 0.651. The lowest BCUT2D eigenvalue weighted by Gasteiger charge is -2.38. The molecule has 1 heterocycles. The van der Waals surface area contributed by atoms with Gasteiger partial charge in [-0.25, -0.2) is 0 Å². The van der Waals surface area contributed by atoms with Crippen molar-refractivity contribution in [2.75, 3.05) is 31.1 Å². The van der Waals surface area contributed by atoms with Gasteiger partial charge >= 0.3 is 0 Å². The lowest BCUT2D eigenvalue weighted by Crippen LogP contribution is -2.54. The summed E-state index contributed by atoms with van der Waals surface area (Å²) >= 11 is 5.68. The number of para-hydroxylation sites is 1. The van der Waals surface area contributed by atoms with E-state index in [0.29, 0.717) is 6.04 Å². The molecule has 1 N–H and O–H groups in total. The number of anilines is 1. The number of nitrogens with one attached hydrogen (secondary N) is 1. The Morgan fingerprint density at radius 3 is 2.41 bits per heavy atom. The fraction of sp³-hybridized carbons (Fsp3) is 0.611. The van der Waals surface area contributed by atoms with Crippen LogP contribution in [0.15, 0.2) is 30.3 Å². The number of nitrogens with zero attached hydrogens (tertiary/aromatic N) is 2. The molecule has 0 radical (unpaired) electrons. The summed E-state index contributed by atoms with van der Waals surface area (Å²) in [6, 6.07) is 11.3. The van der Waals surface area contributed by atoms with Gasteiger partial charge in [0.2, 0.25) is 0 Å². The molecule has 3 nitrogen and oxygen atoms in total. The van der Waals surface area contributed by atoms with Crippen LogP contribution in [0.25, 0.3) is 0 Å². The summed E-state index contributed by atoms with van der Waals surface area (Å²) in [5, 5.41) is 4.66. The molecule has 2 bridgehead atoms. The zero-order chi connectivity index (χ0) is 14.9. The van der Waals surface area contributed by atoms with Crippen molar-refractivity contribution >= 4 is 23.0 Å². The number of thiocarbonyl (C=S) groups is 1. The highest BCUT2D eigenvalue weighted by Crippen LogP contribution is 2.44. The molecule has 1 aromatic rings. The predicted octanol–water partition coefficient (Wildman–Crippen LogP) is 2.87. The average molecular weight is 315 g/mol. The van der Waals surface area contributed by atoms with Crippen molar-refractivity contribution in [3.8, 4) is 0 Å². The van der Waals surface area contributed by atoms with Gasteiger partial charge in [0.25, 0.3) is 0 Å². The normalized spacial score (nSPS) is 30.6. The van der Waals surface area contributed by atoms with Crippen LogP contribution < -0.4 is 10.2 Å². The standard InChI is InChI=1S/C18H25N3S/c22-18(19-17-13-14-6-7-15(17)12-14)21-10-8-20(9-11-21)16-4-2-1-3-5-16/h1-5,14-15,17H,6-13H2,(H,19,22)/t14-,15+,17+/m0/s1. The molecule has 3 fully saturated rings.